The van der Waals surface area contributed by atoms with Crippen LogP contribution in [0.5, 0.6) is 5.75 Å². The first-order valence-corrected chi connectivity index (χ1v) is 17.1. The Kier molecular flexibility index (Phi) is 7.23. The van der Waals surface area contributed by atoms with E-state index in [1.54, 1.807) is 18.3 Å². The van der Waals surface area contributed by atoms with E-state index in [1.165, 1.54) is 29.5 Å². The predicted molar refractivity (Wildman–Crippen MR) is 179 cm³/mol. The van der Waals surface area contributed by atoms with Crippen molar-refractivity contribution in [3.63, 3.8) is 0 Å². The number of halogens is 3. The summed E-state index contributed by atoms with van der Waals surface area (Å²) in [6.45, 7) is 0.843. The van der Waals surface area contributed by atoms with Crippen LogP contribution in [0, 0.1) is 17.5 Å². The van der Waals surface area contributed by atoms with Gasteiger partial charge in [0.1, 0.15) is 17.5 Å². The third-order valence-electron chi connectivity index (χ3n) is 9.62. The number of nitrogens with one attached hydrogen (secondary N) is 2. The van der Waals surface area contributed by atoms with Crippen molar-refractivity contribution in [1.29, 1.82) is 0 Å². The number of rotatable bonds is 7. The summed E-state index contributed by atoms with van der Waals surface area (Å²) in [7, 11) is 0. The number of carbonyl (C=O) groups excluding carboxylic acids is 1. The van der Waals surface area contributed by atoms with Crippen LogP contribution >= 0.6 is 11.3 Å². The molecule has 7 heterocycles. The van der Waals surface area contributed by atoms with Gasteiger partial charge in [-0.05, 0) is 67.0 Å². The van der Waals surface area contributed by atoms with E-state index in [4.69, 9.17) is 14.1 Å². The summed E-state index contributed by atoms with van der Waals surface area (Å²) in [6.07, 6.45) is 4.64. The van der Waals surface area contributed by atoms with E-state index in [1.807, 2.05) is 17.0 Å². The highest BCUT2D eigenvalue weighted by Crippen LogP contribution is 2.50. The topological polar surface area (TPSA) is 126 Å². The number of hydrogen-bond donors (Lipinski definition) is 2. The number of hydrogen-bond acceptors (Lipinski definition) is 9. The Balaban J connectivity index is 1.21. The van der Waals surface area contributed by atoms with E-state index in [0.29, 0.717) is 70.1 Å². The molecule has 6 aromatic rings. The van der Waals surface area contributed by atoms with Gasteiger partial charge in [-0.1, -0.05) is 12.1 Å². The van der Waals surface area contributed by atoms with Crippen LogP contribution in [0.3, 0.4) is 0 Å². The fraction of sp³-hybridized carbons (Fsp3) is 0.250. The van der Waals surface area contributed by atoms with Gasteiger partial charge in [0.2, 0.25) is 0 Å². The molecule has 0 bridgehead atoms. The maximum atomic E-state index is 14.6. The van der Waals surface area contributed by atoms with Crippen molar-refractivity contribution in [2.75, 3.05) is 18.5 Å². The largest absolute Gasteiger partial charge is 0.490 e. The summed E-state index contributed by atoms with van der Waals surface area (Å²) in [4.78, 5) is 38.7. The molecule has 3 aliphatic rings. The molecule has 9 rings (SSSR count). The number of ether oxygens (including phenoxy) is 1. The van der Waals surface area contributed by atoms with Gasteiger partial charge in [0, 0.05) is 41.2 Å². The van der Waals surface area contributed by atoms with Gasteiger partial charge in [0.05, 0.1) is 45.9 Å². The first kappa shape index (κ1) is 30.6. The van der Waals surface area contributed by atoms with E-state index < -0.39 is 23.4 Å². The Morgan fingerprint density at radius 2 is 1.84 bits per heavy atom. The van der Waals surface area contributed by atoms with Gasteiger partial charge in [0.15, 0.2) is 11.6 Å². The Labute approximate surface area is 285 Å². The van der Waals surface area contributed by atoms with Gasteiger partial charge in [-0.15, -0.1) is 16.4 Å². The van der Waals surface area contributed by atoms with Crippen LogP contribution in [0.25, 0.3) is 32.0 Å². The molecule has 1 amide bonds. The third kappa shape index (κ3) is 5.04. The summed E-state index contributed by atoms with van der Waals surface area (Å²) >= 11 is 1.39. The van der Waals surface area contributed by atoms with Gasteiger partial charge in [0.25, 0.3) is 11.8 Å². The van der Waals surface area contributed by atoms with Crippen molar-refractivity contribution in [3.05, 3.63) is 111 Å². The fourth-order valence-electron chi connectivity index (χ4n) is 7.39. The smallest absolute Gasteiger partial charge is 0.434 e. The Bertz CT molecular complexity index is 2390. The molecule has 3 aliphatic heterocycles. The number of fused-ring (bicyclic) bond motifs is 5. The van der Waals surface area contributed by atoms with Crippen LogP contribution in [-0.4, -0.2) is 44.1 Å². The predicted octanol–water partition coefficient (Wildman–Crippen LogP) is 7.13. The number of anilines is 1. The number of thiophene rings is 1. The number of amides is 1. The fourth-order valence-corrected chi connectivity index (χ4v) is 8.55. The summed E-state index contributed by atoms with van der Waals surface area (Å²) in [5, 5.41) is 10.8. The lowest BCUT2D eigenvalue weighted by molar-refractivity contribution is 0.0776. The van der Waals surface area contributed by atoms with Crippen molar-refractivity contribution in [3.8, 4) is 27.6 Å². The Morgan fingerprint density at radius 1 is 0.980 bits per heavy atom. The monoisotopic (exact) mass is 696 g/mol. The van der Waals surface area contributed by atoms with Crippen molar-refractivity contribution in [2.24, 2.45) is 0 Å². The molecule has 0 unspecified atom stereocenters. The summed E-state index contributed by atoms with van der Waals surface area (Å²) in [5.74, 6) is -2.18. The number of aromatic amines is 1. The van der Waals surface area contributed by atoms with Crippen LogP contribution in [0.2, 0.25) is 0 Å². The second-order valence-corrected chi connectivity index (χ2v) is 13.7. The van der Waals surface area contributed by atoms with E-state index in [9.17, 15) is 22.8 Å². The number of aryl methyl sites for hydroxylation is 2. The molecular formula is C36H27F3N6O4S. The molecule has 0 aliphatic carbocycles. The first-order valence-electron chi connectivity index (χ1n) is 16.3. The number of benzene rings is 2. The third-order valence-corrected chi connectivity index (χ3v) is 10.8. The molecule has 252 valence electrons. The molecule has 14 heteroatoms. The molecule has 2 aromatic carbocycles. The average Bonchev–Trinajstić information content (AvgIpc) is 3.91. The number of carbonyl (C=O) groups is 1. The molecule has 4 aromatic heterocycles. The second-order valence-electron chi connectivity index (χ2n) is 12.6. The molecular weight excluding hydrogens is 669 g/mol. The zero-order chi connectivity index (χ0) is 34.1. The maximum Gasteiger partial charge on any atom is 0.434 e. The van der Waals surface area contributed by atoms with Crippen LogP contribution < -0.4 is 15.8 Å². The Morgan fingerprint density at radius 3 is 2.66 bits per heavy atom. The van der Waals surface area contributed by atoms with E-state index >= 15 is 0 Å². The zero-order valence-electron chi connectivity index (χ0n) is 26.3. The SMILES string of the molecule is O=C1c2c(nc(CCc3ccc(F)cc3)c(-c3n[nH]c(=O)o3)c2-c2cc3ccnc(N[C@@H]4CCOc5c(F)cc(F)cc54)c3s2)[C@H]2CCCN12. The molecule has 0 spiro atoms. The Hall–Kier alpha value is -5.50. The lowest BCUT2D eigenvalue weighted by atomic mass is 9.93. The number of aromatic nitrogens is 4. The second kappa shape index (κ2) is 11.8. The van der Waals surface area contributed by atoms with Crippen molar-refractivity contribution >= 4 is 33.1 Å². The highest BCUT2D eigenvalue weighted by molar-refractivity contribution is 7.23. The van der Waals surface area contributed by atoms with E-state index in [0.717, 1.165) is 34.6 Å². The molecule has 0 saturated carbocycles. The quantitative estimate of drug-likeness (QED) is 0.181. The molecule has 10 nitrogen and oxygen atoms in total. The van der Waals surface area contributed by atoms with Gasteiger partial charge >= 0.3 is 5.76 Å². The van der Waals surface area contributed by atoms with Gasteiger partial charge in [-0.25, -0.2) is 28.0 Å². The lowest BCUT2D eigenvalue weighted by Gasteiger charge is -2.27. The molecule has 50 heavy (non-hydrogen) atoms. The molecule has 1 fully saturated rings. The average molecular weight is 697 g/mol. The first-order chi connectivity index (χ1) is 24.3. The molecule has 2 N–H and O–H groups in total. The minimum atomic E-state index is -0.763. The van der Waals surface area contributed by atoms with Gasteiger partial charge in [-0.3, -0.25) is 9.78 Å². The summed E-state index contributed by atoms with van der Waals surface area (Å²) in [5.41, 5.74) is 3.96. The minimum Gasteiger partial charge on any atom is -0.490 e. The summed E-state index contributed by atoms with van der Waals surface area (Å²) in [6, 6.07) is 11.5. The number of pyridine rings is 2. The van der Waals surface area contributed by atoms with Crippen molar-refractivity contribution in [1.82, 2.24) is 25.1 Å². The van der Waals surface area contributed by atoms with Crippen molar-refractivity contribution in [2.45, 2.75) is 44.2 Å². The van der Waals surface area contributed by atoms with E-state index in [-0.39, 0.29) is 36.0 Å². The van der Waals surface area contributed by atoms with Gasteiger partial charge in [-0.2, -0.15) is 0 Å². The van der Waals surface area contributed by atoms with Crippen molar-refractivity contribution < 1.29 is 27.1 Å². The number of nitrogens with zero attached hydrogens (tertiary/aromatic N) is 4. The molecule has 2 atom stereocenters. The van der Waals surface area contributed by atoms with Crippen LogP contribution in [0.4, 0.5) is 19.0 Å². The standard InChI is InChI=1S/C36H27F3N6O4S/c37-19-6-3-17(4-7-19)5-8-24-27(34-43-44-36(47)49-34)28(29-30(41-24)25-2-1-12-45(25)35(29)46)26-14-18-9-11-40-33(32(18)50-26)42-23-10-13-48-31-21(23)15-20(38)16-22(31)39/h3-4,6-7,9,11,14-16,23,25H,1-2,5,8,10,12-13H2,(H,40,42)(H,44,47)/t23-,25-/m1/s1. The minimum absolute atomic E-state index is 0.00561. The van der Waals surface area contributed by atoms with Crippen LogP contribution in [0.15, 0.2) is 63.9 Å². The maximum absolute atomic E-state index is 14.6. The van der Waals surface area contributed by atoms with Crippen LogP contribution in [-0.2, 0) is 12.8 Å². The highest BCUT2D eigenvalue weighted by atomic mass is 32.1. The molecule has 1 saturated heterocycles. The van der Waals surface area contributed by atoms with Crippen LogP contribution in [0.1, 0.15) is 64.2 Å². The zero-order valence-corrected chi connectivity index (χ0v) is 27.1. The highest BCUT2D eigenvalue weighted by Gasteiger charge is 2.45. The normalized spacial score (nSPS) is 17.9. The van der Waals surface area contributed by atoms with E-state index in [2.05, 4.69) is 20.5 Å². The lowest BCUT2D eigenvalue weighted by Crippen LogP contribution is -2.22. The molecule has 0 radical (unpaired) electrons. The summed E-state index contributed by atoms with van der Waals surface area (Å²) < 4.78 is 54.4. The number of H-pyrrole nitrogens is 1. The van der Waals surface area contributed by atoms with Gasteiger partial charge < -0.3 is 19.4 Å².